The summed E-state index contributed by atoms with van der Waals surface area (Å²) in [6.07, 6.45) is 13.9. The molecule has 0 aliphatic heterocycles. The summed E-state index contributed by atoms with van der Waals surface area (Å²) in [6, 6.07) is 9.24. The zero-order chi connectivity index (χ0) is 27.8. The minimum Gasteiger partial charge on any atom is -0.462 e. The molecule has 0 bridgehead atoms. The van der Waals surface area contributed by atoms with Crippen LogP contribution in [-0.2, 0) is 28.6 Å². The first kappa shape index (κ1) is 33.3. The van der Waals surface area contributed by atoms with Gasteiger partial charge in [-0.05, 0) is 24.5 Å². The fourth-order valence-corrected chi connectivity index (χ4v) is 3.92. The number of aliphatic hydroxyl groups excluding tert-OH is 2. The zero-order valence-corrected chi connectivity index (χ0v) is 22.9. The predicted molar refractivity (Wildman–Crippen MR) is 146 cm³/mol. The summed E-state index contributed by atoms with van der Waals surface area (Å²) in [7, 11) is 0. The lowest BCUT2D eigenvalue weighted by atomic mass is 10.0. The number of carbonyl (C=O) groups is 3. The van der Waals surface area contributed by atoms with Crippen molar-refractivity contribution >= 4 is 24.0 Å². The van der Waals surface area contributed by atoms with Crippen molar-refractivity contribution < 1.29 is 38.8 Å². The van der Waals surface area contributed by atoms with E-state index >= 15 is 0 Å². The van der Waals surface area contributed by atoms with E-state index < -0.39 is 30.1 Å². The van der Waals surface area contributed by atoms with Gasteiger partial charge in [-0.2, -0.15) is 0 Å². The molecule has 0 radical (unpaired) electrons. The molecule has 0 spiro atoms. The molecule has 214 valence electrons. The standard InChI is InChI=1S/C30H46O8/c1-25(32)38-28(23-36-29(34)20-19-26-16-12-11-13-17-26)24-37-30(35)22-27(33)18-14-9-7-5-3-2-4-6-8-10-15-21-31/h11-13,16-17,19-20,27-28,31,33H,2-10,14-15,18,21-24H2,1H3/b20-19+. The van der Waals surface area contributed by atoms with E-state index in [1.807, 2.05) is 30.3 Å². The number of hydrogen-bond donors (Lipinski definition) is 2. The fraction of sp³-hybridized carbons (Fsp3) is 0.633. The van der Waals surface area contributed by atoms with E-state index in [2.05, 4.69) is 0 Å². The van der Waals surface area contributed by atoms with Crippen LogP contribution in [0.2, 0.25) is 0 Å². The number of unbranched alkanes of at least 4 members (excludes halogenated alkanes) is 10. The second-order valence-electron chi connectivity index (χ2n) is 9.55. The third kappa shape index (κ3) is 19.4. The van der Waals surface area contributed by atoms with Crippen molar-refractivity contribution in [3.63, 3.8) is 0 Å². The molecule has 8 nitrogen and oxygen atoms in total. The number of rotatable bonds is 22. The summed E-state index contributed by atoms with van der Waals surface area (Å²) in [6.45, 7) is 0.996. The quantitative estimate of drug-likeness (QED) is 0.0908. The van der Waals surface area contributed by atoms with Crippen molar-refractivity contribution in [1.29, 1.82) is 0 Å². The lowest BCUT2D eigenvalue weighted by molar-refractivity contribution is -0.164. The van der Waals surface area contributed by atoms with Gasteiger partial charge < -0.3 is 24.4 Å². The molecule has 2 N–H and O–H groups in total. The molecule has 1 rings (SSSR count). The van der Waals surface area contributed by atoms with Crippen LogP contribution in [0.1, 0.15) is 96.0 Å². The number of hydrogen-bond acceptors (Lipinski definition) is 8. The van der Waals surface area contributed by atoms with Crippen molar-refractivity contribution in [2.24, 2.45) is 0 Å². The van der Waals surface area contributed by atoms with E-state index in [9.17, 15) is 19.5 Å². The van der Waals surface area contributed by atoms with Crippen molar-refractivity contribution in [2.45, 2.75) is 103 Å². The van der Waals surface area contributed by atoms with Gasteiger partial charge in [0, 0.05) is 19.6 Å². The molecule has 0 aliphatic carbocycles. The molecule has 0 fully saturated rings. The third-order valence-corrected chi connectivity index (χ3v) is 5.98. The van der Waals surface area contributed by atoms with Gasteiger partial charge in [-0.1, -0.05) is 94.5 Å². The van der Waals surface area contributed by atoms with Gasteiger partial charge >= 0.3 is 17.9 Å². The molecule has 8 heteroatoms. The van der Waals surface area contributed by atoms with Crippen LogP contribution in [0.5, 0.6) is 0 Å². The average molecular weight is 535 g/mol. The normalized spacial score (nSPS) is 12.7. The third-order valence-electron chi connectivity index (χ3n) is 5.98. The maximum atomic E-state index is 12.1. The van der Waals surface area contributed by atoms with Crippen LogP contribution in [0.3, 0.4) is 0 Å². The Morgan fingerprint density at radius 1 is 0.816 bits per heavy atom. The van der Waals surface area contributed by atoms with Crippen LogP contribution in [0.25, 0.3) is 6.08 Å². The molecule has 38 heavy (non-hydrogen) atoms. The highest BCUT2D eigenvalue weighted by molar-refractivity contribution is 5.87. The maximum absolute atomic E-state index is 12.1. The summed E-state index contributed by atoms with van der Waals surface area (Å²) < 4.78 is 15.3. The summed E-state index contributed by atoms with van der Waals surface area (Å²) in [4.78, 5) is 35.4. The van der Waals surface area contributed by atoms with E-state index in [-0.39, 0.29) is 19.6 Å². The SMILES string of the molecule is CC(=O)OC(COC(=O)/C=C/c1ccccc1)COC(=O)CC(O)CCCCCCCCCCCCCO. The van der Waals surface area contributed by atoms with E-state index in [0.717, 1.165) is 37.7 Å². The molecule has 0 aliphatic rings. The van der Waals surface area contributed by atoms with Crippen LogP contribution in [0, 0.1) is 0 Å². The summed E-state index contributed by atoms with van der Waals surface area (Å²) in [5.41, 5.74) is 0.839. The van der Waals surface area contributed by atoms with E-state index in [0.29, 0.717) is 13.0 Å². The first-order valence-corrected chi connectivity index (χ1v) is 13.9. The Kier molecular flexibility index (Phi) is 19.5. The Morgan fingerprint density at radius 2 is 1.37 bits per heavy atom. The Bertz CT molecular complexity index is 793. The van der Waals surface area contributed by atoms with E-state index in [1.165, 1.54) is 51.5 Å². The molecule has 1 aromatic carbocycles. The number of benzene rings is 1. The van der Waals surface area contributed by atoms with Crippen molar-refractivity contribution in [3.8, 4) is 0 Å². The number of carbonyl (C=O) groups excluding carboxylic acids is 3. The summed E-state index contributed by atoms with van der Waals surface area (Å²) >= 11 is 0. The molecule has 0 aromatic heterocycles. The Balaban J connectivity index is 2.15. The van der Waals surface area contributed by atoms with Gasteiger partial charge in [0.1, 0.15) is 13.2 Å². The lowest BCUT2D eigenvalue weighted by Gasteiger charge is -2.17. The van der Waals surface area contributed by atoms with E-state index in [1.54, 1.807) is 6.08 Å². The largest absolute Gasteiger partial charge is 0.462 e. The monoisotopic (exact) mass is 534 g/mol. The molecule has 2 atom stereocenters. The molecule has 0 amide bonds. The van der Waals surface area contributed by atoms with Gasteiger partial charge in [-0.25, -0.2) is 4.79 Å². The molecular formula is C30H46O8. The number of aliphatic hydroxyl groups is 2. The van der Waals surface area contributed by atoms with Crippen LogP contribution in [0.15, 0.2) is 36.4 Å². The van der Waals surface area contributed by atoms with Crippen LogP contribution in [0.4, 0.5) is 0 Å². The van der Waals surface area contributed by atoms with E-state index in [4.69, 9.17) is 19.3 Å². The molecule has 0 saturated carbocycles. The Labute approximate surface area is 227 Å². The zero-order valence-electron chi connectivity index (χ0n) is 22.9. The first-order valence-electron chi connectivity index (χ1n) is 13.9. The second kappa shape index (κ2) is 22.3. The molecule has 0 saturated heterocycles. The molecular weight excluding hydrogens is 488 g/mol. The van der Waals surface area contributed by atoms with Gasteiger partial charge in [-0.15, -0.1) is 0 Å². The number of esters is 3. The minimum absolute atomic E-state index is 0.136. The highest BCUT2D eigenvalue weighted by atomic mass is 16.6. The molecule has 2 unspecified atom stereocenters. The smallest absolute Gasteiger partial charge is 0.330 e. The minimum atomic E-state index is -0.928. The maximum Gasteiger partial charge on any atom is 0.330 e. The second-order valence-corrected chi connectivity index (χ2v) is 9.55. The van der Waals surface area contributed by atoms with Gasteiger partial charge in [0.15, 0.2) is 6.10 Å². The first-order chi connectivity index (χ1) is 18.4. The van der Waals surface area contributed by atoms with Crippen LogP contribution < -0.4 is 0 Å². The van der Waals surface area contributed by atoms with Crippen molar-refractivity contribution in [1.82, 2.24) is 0 Å². The summed E-state index contributed by atoms with van der Waals surface area (Å²) in [5, 5.41) is 18.9. The van der Waals surface area contributed by atoms with Crippen LogP contribution in [-0.4, -0.2) is 60.1 Å². The van der Waals surface area contributed by atoms with Gasteiger partial charge in [0.25, 0.3) is 0 Å². The van der Waals surface area contributed by atoms with Gasteiger partial charge in [0.2, 0.25) is 0 Å². The van der Waals surface area contributed by atoms with Crippen molar-refractivity contribution in [2.75, 3.05) is 19.8 Å². The van der Waals surface area contributed by atoms with Crippen LogP contribution >= 0.6 is 0 Å². The molecule has 1 aromatic rings. The lowest BCUT2D eigenvalue weighted by Crippen LogP contribution is -2.30. The van der Waals surface area contributed by atoms with Gasteiger partial charge in [0.05, 0.1) is 12.5 Å². The Morgan fingerprint density at radius 3 is 1.95 bits per heavy atom. The fourth-order valence-electron chi connectivity index (χ4n) is 3.92. The predicted octanol–water partition coefficient (Wildman–Crippen LogP) is 5.14. The average Bonchev–Trinajstić information content (AvgIpc) is 2.90. The topological polar surface area (TPSA) is 119 Å². The van der Waals surface area contributed by atoms with Gasteiger partial charge in [-0.3, -0.25) is 9.59 Å². The highest BCUT2D eigenvalue weighted by Crippen LogP contribution is 2.13. The number of ether oxygens (including phenoxy) is 3. The molecule has 0 heterocycles. The Hall–Kier alpha value is -2.71. The van der Waals surface area contributed by atoms with Crippen molar-refractivity contribution in [3.05, 3.63) is 42.0 Å². The highest BCUT2D eigenvalue weighted by Gasteiger charge is 2.19. The summed E-state index contributed by atoms with van der Waals surface area (Å²) in [5.74, 6) is -1.79.